The first-order valence-electron chi connectivity index (χ1n) is 6.11. The Kier molecular flexibility index (Phi) is 4.76. The highest BCUT2D eigenvalue weighted by atomic mass is 79.9. The number of carbonyl (C=O) groups excluding carboxylic acids is 1. The Morgan fingerprint density at radius 1 is 1.25 bits per heavy atom. The number of primary amides is 1. The molecule has 0 unspecified atom stereocenters. The molecule has 0 aliphatic carbocycles. The fourth-order valence-corrected chi connectivity index (χ4v) is 2.37. The van der Waals surface area contributed by atoms with Crippen molar-refractivity contribution in [3.05, 3.63) is 58.1 Å². The summed E-state index contributed by atoms with van der Waals surface area (Å²) in [5, 5.41) is 3.09. The van der Waals surface area contributed by atoms with E-state index in [1.807, 2.05) is 31.3 Å². The molecule has 0 spiro atoms. The fraction of sp³-hybridized carbons (Fsp3) is 0.133. The Hall–Kier alpha value is -1.85. The standard InChI is InChI=1S/C15H15BrN2O2/c1-18-9-10-3-2-4-11(7-10)20-12-5-6-13(15(17)19)14(16)8-12/h2-8,18H,9H2,1H3,(H2,17,19). The maximum Gasteiger partial charge on any atom is 0.249 e. The Morgan fingerprint density at radius 3 is 2.65 bits per heavy atom. The molecule has 2 aromatic carbocycles. The van der Waals surface area contributed by atoms with E-state index in [1.54, 1.807) is 18.2 Å². The van der Waals surface area contributed by atoms with Gasteiger partial charge in [-0.1, -0.05) is 12.1 Å². The van der Waals surface area contributed by atoms with Crippen molar-refractivity contribution in [3.8, 4) is 11.5 Å². The van der Waals surface area contributed by atoms with Crippen LogP contribution in [0.3, 0.4) is 0 Å². The topological polar surface area (TPSA) is 64.3 Å². The maximum absolute atomic E-state index is 11.2. The molecule has 2 aromatic rings. The Labute approximate surface area is 126 Å². The first kappa shape index (κ1) is 14.6. The second-order valence-corrected chi connectivity index (χ2v) is 5.14. The van der Waals surface area contributed by atoms with Crippen molar-refractivity contribution in [1.82, 2.24) is 5.32 Å². The van der Waals surface area contributed by atoms with Gasteiger partial charge in [-0.15, -0.1) is 0 Å². The number of halogens is 1. The molecule has 1 amide bonds. The number of hydrogen-bond donors (Lipinski definition) is 2. The van der Waals surface area contributed by atoms with Crippen molar-refractivity contribution in [1.29, 1.82) is 0 Å². The van der Waals surface area contributed by atoms with Gasteiger partial charge in [-0.3, -0.25) is 4.79 Å². The number of hydrogen-bond acceptors (Lipinski definition) is 3. The van der Waals surface area contributed by atoms with Gasteiger partial charge < -0.3 is 15.8 Å². The van der Waals surface area contributed by atoms with E-state index in [0.717, 1.165) is 17.9 Å². The highest BCUT2D eigenvalue weighted by Gasteiger charge is 2.08. The largest absolute Gasteiger partial charge is 0.457 e. The van der Waals surface area contributed by atoms with Crippen LogP contribution in [0.5, 0.6) is 11.5 Å². The lowest BCUT2D eigenvalue weighted by Gasteiger charge is -2.09. The predicted octanol–water partition coefficient (Wildman–Crippen LogP) is 3.06. The number of carbonyl (C=O) groups is 1. The smallest absolute Gasteiger partial charge is 0.249 e. The van der Waals surface area contributed by atoms with Crippen LogP contribution >= 0.6 is 15.9 Å². The van der Waals surface area contributed by atoms with Gasteiger partial charge in [-0.25, -0.2) is 0 Å². The monoisotopic (exact) mass is 334 g/mol. The zero-order valence-corrected chi connectivity index (χ0v) is 12.6. The minimum atomic E-state index is -0.473. The van der Waals surface area contributed by atoms with E-state index in [2.05, 4.69) is 21.2 Å². The molecule has 0 aliphatic rings. The molecule has 0 radical (unpaired) electrons. The molecule has 0 atom stereocenters. The predicted molar refractivity (Wildman–Crippen MR) is 81.9 cm³/mol. The summed E-state index contributed by atoms with van der Waals surface area (Å²) in [4.78, 5) is 11.2. The van der Waals surface area contributed by atoms with Crippen LogP contribution in [-0.2, 0) is 6.54 Å². The van der Waals surface area contributed by atoms with Gasteiger partial charge in [-0.2, -0.15) is 0 Å². The van der Waals surface area contributed by atoms with E-state index in [4.69, 9.17) is 10.5 Å². The van der Waals surface area contributed by atoms with E-state index >= 15 is 0 Å². The third kappa shape index (κ3) is 3.59. The molecule has 0 bridgehead atoms. The summed E-state index contributed by atoms with van der Waals surface area (Å²) in [5.74, 6) is 0.916. The average Bonchev–Trinajstić information content (AvgIpc) is 2.39. The van der Waals surface area contributed by atoms with Crippen molar-refractivity contribution in [3.63, 3.8) is 0 Å². The first-order valence-corrected chi connectivity index (χ1v) is 6.90. The van der Waals surface area contributed by atoms with Gasteiger partial charge in [0.1, 0.15) is 11.5 Å². The van der Waals surface area contributed by atoms with Crippen LogP contribution in [0, 0.1) is 0 Å². The van der Waals surface area contributed by atoms with E-state index in [9.17, 15) is 4.79 Å². The minimum Gasteiger partial charge on any atom is -0.457 e. The lowest BCUT2D eigenvalue weighted by Crippen LogP contribution is -2.11. The minimum absolute atomic E-state index is 0.432. The number of amides is 1. The van der Waals surface area contributed by atoms with Gasteiger partial charge in [-0.05, 0) is 58.9 Å². The van der Waals surface area contributed by atoms with Crippen molar-refractivity contribution >= 4 is 21.8 Å². The molecule has 20 heavy (non-hydrogen) atoms. The molecule has 2 rings (SSSR count). The molecule has 3 N–H and O–H groups in total. The summed E-state index contributed by atoms with van der Waals surface area (Å²) in [7, 11) is 1.90. The van der Waals surface area contributed by atoms with Crippen LogP contribution in [0.2, 0.25) is 0 Å². The molecule has 104 valence electrons. The molecule has 5 heteroatoms. The molecule has 0 fully saturated rings. The van der Waals surface area contributed by atoms with Gasteiger partial charge in [0.15, 0.2) is 0 Å². The van der Waals surface area contributed by atoms with Crippen molar-refractivity contribution in [2.75, 3.05) is 7.05 Å². The lowest BCUT2D eigenvalue weighted by molar-refractivity contribution is 0.0999. The Balaban J connectivity index is 2.19. The van der Waals surface area contributed by atoms with E-state index in [0.29, 0.717) is 15.8 Å². The van der Waals surface area contributed by atoms with E-state index in [1.165, 1.54) is 0 Å². The normalized spacial score (nSPS) is 10.3. The average molecular weight is 335 g/mol. The van der Waals surface area contributed by atoms with Gasteiger partial charge in [0, 0.05) is 11.0 Å². The maximum atomic E-state index is 11.2. The van der Waals surface area contributed by atoms with Crippen molar-refractivity contribution in [2.45, 2.75) is 6.54 Å². The molecule has 0 saturated carbocycles. The van der Waals surface area contributed by atoms with Gasteiger partial charge in [0.25, 0.3) is 0 Å². The summed E-state index contributed by atoms with van der Waals surface area (Å²) >= 11 is 3.31. The highest BCUT2D eigenvalue weighted by Crippen LogP contribution is 2.27. The summed E-state index contributed by atoms with van der Waals surface area (Å²) in [5.41, 5.74) is 6.82. The SMILES string of the molecule is CNCc1cccc(Oc2ccc(C(N)=O)c(Br)c2)c1. The van der Waals surface area contributed by atoms with Gasteiger partial charge >= 0.3 is 0 Å². The molecule has 0 saturated heterocycles. The third-order valence-corrected chi connectivity index (χ3v) is 3.38. The summed E-state index contributed by atoms with van der Waals surface area (Å²) in [6, 6.07) is 12.9. The summed E-state index contributed by atoms with van der Waals surface area (Å²) < 4.78 is 6.39. The van der Waals surface area contributed by atoms with E-state index in [-0.39, 0.29) is 0 Å². The van der Waals surface area contributed by atoms with Crippen LogP contribution in [0.4, 0.5) is 0 Å². The number of nitrogens with two attached hydrogens (primary N) is 1. The van der Waals surface area contributed by atoms with Gasteiger partial charge in [0.2, 0.25) is 5.91 Å². The zero-order valence-electron chi connectivity index (χ0n) is 11.0. The van der Waals surface area contributed by atoms with Crippen LogP contribution < -0.4 is 15.8 Å². The fourth-order valence-electron chi connectivity index (χ4n) is 1.82. The molecule has 0 aliphatic heterocycles. The molecule has 0 heterocycles. The third-order valence-electron chi connectivity index (χ3n) is 2.72. The quantitative estimate of drug-likeness (QED) is 0.883. The number of rotatable bonds is 5. The Bertz CT molecular complexity index is 629. The van der Waals surface area contributed by atoms with Crippen molar-refractivity contribution < 1.29 is 9.53 Å². The van der Waals surface area contributed by atoms with Crippen molar-refractivity contribution in [2.24, 2.45) is 5.73 Å². The summed E-state index contributed by atoms with van der Waals surface area (Å²) in [6.45, 7) is 0.779. The summed E-state index contributed by atoms with van der Waals surface area (Å²) in [6.07, 6.45) is 0. The van der Waals surface area contributed by atoms with Gasteiger partial charge in [0.05, 0.1) is 5.56 Å². The number of nitrogens with one attached hydrogen (secondary N) is 1. The first-order chi connectivity index (χ1) is 9.60. The molecule has 4 nitrogen and oxygen atoms in total. The highest BCUT2D eigenvalue weighted by molar-refractivity contribution is 9.10. The van der Waals surface area contributed by atoms with Crippen LogP contribution in [-0.4, -0.2) is 13.0 Å². The zero-order chi connectivity index (χ0) is 14.5. The Morgan fingerprint density at radius 2 is 2.00 bits per heavy atom. The molecular formula is C15H15BrN2O2. The number of ether oxygens (including phenoxy) is 1. The van der Waals surface area contributed by atoms with Crippen LogP contribution in [0.25, 0.3) is 0 Å². The molecular weight excluding hydrogens is 320 g/mol. The van der Waals surface area contributed by atoms with Crippen LogP contribution in [0.1, 0.15) is 15.9 Å². The van der Waals surface area contributed by atoms with E-state index < -0.39 is 5.91 Å². The lowest BCUT2D eigenvalue weighted by atomic mass is 10.2. The second kappa shape index (κ2) is 6.54. The second-order valence-electron chi connectivity index (χ2n) is 4.29. The molecule has 0 aromatic heterocycles. The number of benzene rings is 2. The van der Waals surface area contributed by atoms with Crippen LogP contribution in [0.15, 0.2) is 46.9 Å².